The van der Waals surface area contributed by atoms with E-state index in [2.05, 4.69) is 230 Å². The molecule has 1 amide bonds. The van der Waals surface area contributed by atoms with Gasteiger partial charge in [0.25, 0.3) is 11.5 Å². The minimum atomic E-state index is -0.849. The number of methoxy groups -OCH3 is 3. The van der Waals surface area contributed by atoms with Gasteiger partial charge in [-0.3, -0.25) is 24.3 Å². The number of carbonyl (C=O) groups excluding carboxylic acids is 4. The SMILES string of the molecule is [C-]#[N+]c1ccc(C[C@H](Nc2nc(NCc3nn[nH]n3)nc(Nc3cccc(CN4CCCCC4)c3)n2)C(=O)OC)cc1.[C-]#[N+]c1ccc(C[C@H](Nc2nc(NCc3nn[nH]n3)nc(Nc3cccc(CN4CCN(C(=O)c5ncc[nH]c5=O)CC4)c3)n2)C(=O)OC)cc1.[C-]#[N+]c1ccc(C[C@H](Nc2nc(NCc3nn[nH]n3)nc(Nc3cccc(CN4CCN(C)CC4)c3)n2)C(=O)OC)cc1. The van der Waals surface area contributed by atoms with Crippen molar-refractivity contribution in [1.82, 2.24) is 141 Å². The number of aromatic amines is 4. The number of likely N-dealkylation sites (tertiary alicyclic amines) is 1. The van der Waals surface area contributed by atoms with Crippen LogP contribution in [0.15, 0.2) is 163 Å². The molecule has 0 spiro atoms. The summed E-state index contributed by atoms with van der Waals surface area (Å²) in [4.78, 5) is 132. The maximum atomic E-state index is 12.8. The van der Waals surface area contributed by atoms with Crippen LogP contribution in [0.4, 0.5) is 87.7 Å². The van der Waals surface area contributed by atoms with Crippen molar-refractivity contribution in [1.29, 1.82) is 0 Å². The van der Waals surface area contributed by atoms with Crippen molar-refractivity contribution in [3.8, 4) is 0 Å². The quantitative estimate of drug-likeness (QED) is 0.0104. The Morgan fingerprint density at radius 1 is 0.404 bits per heavy atom. The number of amides is 1. The van der Waals surface area contributed by atoms with Gasteiger partial charge in [-0.1, -0.05) is 131 Å². The number of H-pyrrole nitrogens is 4. The normalized spacial score (nSPS) is 14.0. The van der Waals surface area contributed by atoms with Crippen molar-refractivity contribution in [3.63, 3.8) is 0 Å². The smallest absolute Gasteiger partial charge is 0.328 e. The van der Waals surface area contributed by atoms with E-state index >= 15 is 0 Å². The third kappa shape index (κ3) is 28.7. The first-order chi connectivity index (χ1) is 66.4. The monoisotopic (exact) mass is 1840 g/mol. The molecule has 10 heterocycles. The van der Waals surface area contributed by atoms with Crippen LogP contribution in [0.3, 0.4) is 0 Å². The van der Waals surface area contributed by atoms with Gasteiger partial charge < -0.3 is 76.8 Å². The van der Waals surface area contributed by atoms with Crippen LogP contribution in [-0.2, 0) is 87.1 Å². The number of hydrogen-bond donors (Lipinski definition) is 13. The number of hydrogen-bond acceptors (Lipinski definition) is 40. The Kier molecular flexibility index (Phi) is 33.6. The maximum Gasteiger partial charge on any atom is 0.328 e. The van der Waals surface area contributed by atoms with Gasteiger partial charge in [-0.2, -0.15) is 60.5 Å². The van der Waals surface area contributed by atoms with Crippen LogP contribution in [-0.4, -0.2) is 277 Å². The minimum Gasteiger partial charge on any atom is -0.467 e. The van der Waals surface area contributed by atoms with E-state index < -0.39 is 41.6 Å². The Bertz CT molecular complexity index is 6280. The number of esters is 3. The summed E-state index contributed by atoms with van der Waals surface area (Å²) in [6, 6.07) is 42.6. The number of likely N-dealkylation sites (N-methyl/N-ethyl adjacent to an activating group) is 1. The van der Waals surface area contributed by atoms with Crippen molar-refractivity contribution in [3.05, 3.63) is 259 Å². The molecule has 3 fully saturated rings. The molecular weight excluding hydrogens is 1750 g/mol. The van der Waals surface area contributed by atoms with Gasteiger partial charge in [0, 0.05) is 121 Å². The highest BCUT2D eigenvalue weighted by atomic mass is 16.5. The lowest BCUT2D eigenvalue weighted by Gasteiger charge is -2.34. The molecule has 13 N–H and O–H groups in total. The fraction of sp³-hybridized carbons (Fsp3) is 0.330. The average Bonchev–Trinajstić information content (AvgIpc) is 1.12. The molecule has 48 nitrogen and oxygen atoms in total. The fourth-order valence-electron chi connectivity index (χ4n) is 14.6. The molecule has 0 aliphatic carbocycles. The van der Waals surface area contributed by atoms with E-state index in [1.165, 1.54) is 64.1 Å². The number of anilines is 12. The lowest BCUT2D eigenvalue weighted by molar-refractivity contribution is -0.142. The number of piperidine rings is 1. The first-order valence-electron chi connectivity index (χ1n) is 43.3. The standard InChI is InChI=1S/C32H33N15O4.C28H33N13O2.C28H32N12O2/c1-33-22-8-6-20(7-9-22)17-24(29(50)51-2)38-32-40-30(36-18-25-42-44-45-43-25)39-31(41-32)37-23-5-3-4-21(16-23)19-46-12-14-47(15-13-46)28(49)26-27(48)35-11-10-34-26;1-29-21-9-7-19(8-10-21)16-23(25(42)43-3)32-28-34-26(30-17-24-36-38-39-37-24)33-27(35-28)31-22-6-4-5-20(15-22)18-41-13-11-40(2)12-14-41;1-29-21-11-9-19(10-12-21)16-23(25(41)42-2)32-28-34-26(30-17-24-36-38-39-37-24)33-27(35-28)31-22-8-6-7-20(15-22)18-40-13-4-3-5-14-40/h3-11,16,24H,12-15,17-19H2,2H3,(H,35,48)(H,42,43,44,45)(H3,36,37,38,39,40,41);4-10,15,23H,11-14,16-18H2,2-3H3,(H,36,37,38,39)(H3,30,31,32,33,34,35);6-12,15,23H,3-5,13-14,16-18H2,2H3,(H,36,37,38,39)(H3,30,31,32,33,34,35)/t24-;2*23-/m000/s1. The molecule has 48 heteroatoms. The summed E-state index contributed by atoms with van der Waals surface area (Å²) in [6.07, 6.45) is 7.39. The molecule has 136 heavy (non-hydrogen) atoms. The molecule has 6 aromatic carbocycles. The molecule has 3 aliphatic rings. The second-order valence-corrected chi connectivity index (χ2v) is 31.3. The number of piperazine rings is 2. The number of aromatic nitrogens is 23. The third-order valence-corrected chi connectivity index (χ3v) is 21.6. The van der Waals surface area contributed by atoms with Gasteiger partial charge in [-0.25, -0.2) is 33.9 Å². The summed E-state index contributed by atoms with van der Waals surface area (Å²) in [5.41, 5.74) is 9.15. The first-order valence-corrected chi connectivity index (χ1v) is 43.3. The van der Waals surface area contributed by atoms with Gasteiger partial charge in [-0.15, -0.1) is 30.6 Å². The van der Waals surface area contributed by atoms with E-state index in [0.29, 0.717) is 85.8 Å². The topological polar surface area (TPSA) is 559 Å². The number of tetrazole rings is 3. The van der Waals surface area contributed by atoms with Gasteiger partial charge in [0.15, 0.2) is 40.2 Å². The molecule has 3 aliphatic heterocycles. The van der Waals surface area contributed by atoms with Crippen LogP contribution < -0.4 is 53.4 Å². The highest BCUT2D eigenvalue weighted by Crippen LogP contribution is 2.28. The Morgan fingerprint density at radius 2 is 0.735 bits per heavy atom. The lowest BCUT2D eigenvalue weighted by atomic mass is 10.1. The second kappa shape index (κ2) is 48.1. The second-order valence-electron chi connectivity index (χ2n) is 31.3. The van der Waals surface area contributed by atoms with Crippen LogP contribution in [0.1, 0.15) is 80.6 Å². The molecule has 0 radical (unpaired) electrons. The largest absolute Gasteiger partial charge is 0.467 e. The van der Waals surface area contributed by atoms with E-state index in [0.717, 1.165) is 86.0 Å². The molecule has 16 rings (SSSR count). The molecule has 0 saturated carbocycles. The zero-order valence-electron chi connectivity index (χ0n) is 74.6. The van der Waals surface area contributed by atoms with Crippen LogP contribution >= 0.6 is 0 Å². The van der Waals surface area contributed by atoms with Gasteiger partial charge in [0.1, 0.15) is 18.1 Å². The summed E-state index contributed by atoms with van der Waals surface area (Å²) in [5, 5.41) is 69.9. The number of nitrogens with zero attached hydrogens (tertiary/aromatic N) is 27. The molecule has 7 aromatic heterocycles. The summed E-state index contributed by atoms with van der Waals surface area (Å²) >= 11 is 0. The summed E-state index contributed by atoms with van der Waals surface area (Å²) < 4.78 is 15.1. The molecule has 0 bridgehead atoms. The number of rotatable bonds is 37. The van der Waals surface area contributed by atoms with Gasteiger partial charge in [0.2, 0.25) is 53.5 Å². The molecular formula is C88H98N40O8. The van der Waals surface area contributed by atoms with Crippen LogP contribution in [0, 0.1) is 19.7 Å². The van der Waals surface area contributed by atoms with Crippen LogP contribution in [0.25, 0.3) is 14.5 Å². The molecule has 0 unspecified atom stereocenters. The van der Waals surface area contributed by atoms with Crippen molar-refractivity contribution in [2.24, 2.45) is 0 Å². The number of ether oxygens (including phenoxy) is 3. The van der Waals surface area contributed by atoms with Gasteiger partial charge in [0.05, 0.1) is 60.7 Å². The third-order valence-electron chi connectivity index (χ3n) is 21.6. The van der Waals surface area contributed by atoms with Crippen LogP contribution in [0.5, 0.6) is 0 Å². The predicted molar refractivity (Wildman–Crippen MR) is 499 cm³/mol. The zero-order valence-corrected chi connectivity index (χ0v) is 74.6. The zero-order chi connectivity index (χ0) is 94.8. The van der Waals surface area contributed by atoms with Crippen molar-refractivity contribution in [2.75, 3.05) is 142 Å². The van der Waals surface area contributed by atoms with Gasteiger partial charge in [-0.05, 0) is 103 Å². The van der Waals surface area contributed by atoms with E-state index in [4.69, 9.17) is 33.9 Å². The fourth-order valence-corrected chi connectivity index (χ4v) is 14.6. The van der Waals surface area contributed by atoms with Crippen molar-refractivity contribution >= 4 is 111 Å². The van der Waals surface area contributed by atoms with Gasteiger partial charge >= 0.3 is 17.9 Å². The molecule has 3 saturated heterocycles. The summed E-state index contributed by atoms with van der Waals surface area (Å²) in [6.45, 7) is 33.0. The van der Waals surface area contributed by atoms with E-state index in [-0.39, 0.29) is 91.2 Å². The van der Waals surface area contributed by atoms with E-state index in [9.17, 15) is 24.0 Å². The van der Waals surface area contributed by atoms with Crippen molar-refractivity contribution in [2.45, 2.75) is 95.9 Å². The highest BCUT2D eigenvalue weighted by Gasteiger charge is 2.29. The Labute approximate surface area is 779 Å². The first kappa shape index (κ1) is 94.9. The summed E-state index contributed by atoms with van der Waals surface area (Å²) in [5.74, 6) is 1.22. The maximum absolute atomic E-state index is 12.8. The Balaban J connectivity index is 0.000000164. The Morgan fingerprint density at radius 3 is 1.06 bits per heavy atom. The highest BCUT2D eigenvalue weighted by molar-refractivity contribution is 5.92. The Hall–Kier alpha value is -17.2. The molecule has 698 valence electrons. The minimum absolute atomic E-state index is 0.104. The number of nitrogens with one attached hydrogen (secondary N) is 13. The van der Waals surface area contributed by atoms with E-state index in [1.807, 2.05) is 48.5 Å². The van der Waals surface area contributed by atoms with Crippen molar-refractivity contribution < 1.29 is 33.4 Å². The molecule has 3 atom stereocenters. The summed E-state index contributed by atoms with van der Waals surface area (Å²) in [7, 11) is 6.10. The van der Waals surface area contributed by atoms with E-state index in [1.54, 1.807) is 77.7 Å². The van der Waals surface area contributed by atoms with Crippen LogP contribution in [0.2, 0.25) is 0 Å². The number of benzene rings is 6. The predicted octanol–water partition coefficient (Wildman–Crippen LogP) is 7.24. The lowest BCUT2D eigenvalue weighted by Crippen LogP contribution is -2.49. The average molecular weight is 1840 g/mol. The number of carbonyl (C=O) groups is 4. The molecule has 13 aromatic rings.